The van der Waals surface area contributed by atoms with Crippen LogP contribution in [0.3, 0.4) is 0 Å². The number of hydrogen-bond donors (Lipinski definition) is 3. The third-order valence-electron chi connectivity index (χ3n) is 5.03. The van der Waals surface area contributed by atoms with Crippen LogP contribution < -0.4 is 16.4 Å². The standard InChI is InChI=1S/C20H24N4/c21-17-3-1-14(2-4-17)16-11-15-5-8-23-13-19(15)20(12-16)24-18-6-9-22-10-7-18/h1,3-5,8,11-14,18,22,24H,2,6-7,9-10,21H2. The summed E-state index contributed by atoms with van der Waals surface area (Å²) >= 11 is 0. The van der Waals surface area contributed by atoms with Crippen LogP contribution in [0.5, 0.6) is 0 Å². The number of nitrogens with two attached hydrogens (primary N) is 1. The molecule has 0 spiro atoms. The van der Waals surface area contributed by atoms with Crippen molar-refractivity contribution in [3.8, 4) is 0 Å². The number of benzene rings is 1. The zero-order valence-electron chi connectivity index (χ0n) is 13.8. The minimum Gasteiger partial charge on any atom is -0.399 e. The highest BCUT2D eigenvalue weighted by Gasteiger charge is 2.17. The molecule has 2 aromatic rings. The first-order valence-corrected chi connectivity index (χ1v) is 8.78. The summed E-state index contributed by atoms with van der Waals surface area (Å²) in [6, 6.07) is 7.22. The van der Waals surface area contributed by atoms with Gasteiger partial charge < -0.3 is 16.4 Å². The van der Waals surface area contributed by atoms with Crippen molar-refractivity contribution in [2.75, 3.05) is 18.4 Å². The van der Waals surface area contributed by atoms with Gasteiger partial charge in [0.05, 0.1) is 0 Å². The molecular weight excluding hydrogens is 296 g/mol. The highest BCUT2D eigenvalue weighted by Crippen LogP contribution is 2.33. The van der Waals surface area contributed by atoms with E-state index in [0.717, 1.165) is 38.0 Å². The van der Waals surface area contributed by atoms with Gasteiger partial charge >= 0.3 is 0 Å². The molecule has 1 aromatic heterocycles. The summed E-state index contributed by atoms with van der Waals surface area (Å²) in [7, 11) is 0. The van der Waals surface area contributed by atoms with Crippen LogP contribution >= 0.6 is 0 Å². The molecule has 124 valence electrons. The number of nitrogens with one attached hydrogen (secondary N) is 2. The van der Waals surface area contributed by atoms with Crippen molar-refractivity contribution in [2.24, 2.45) is 5.73 Å². The quantitative estimate of drug-likeness (QED) is 0.812. The molecule has 0 bridgehead atoms. The maximum absolute atomic E-state index is 5.87. The van der Waals surface area contributed by atoms with E-state index in [0.29, 0.717) is 12.0 Å². The number of nitrogens with zero attached hydrogens (tertiary/aromatic N) is 1. The zero-order valence-corrected chi connectivity index (χ0v) is 13.8. The Bertz CT molecular complexity index is 787. The molecule has 4 heteroatoms. The van der Waals surface area contributed by atoms with Crippen LogP contribution in [0, 0.1) is 0 Å². The molecule has 1 aliphatic heterocycles. The summed E-state index contributed by atoms with van der Waals surface area (Å²) in [5, 5.41) is 9.64. The fraction of sp³-hybridized carbons (Fsp3) is 0.350. The van der Waals surface area contributed by atoms with Crippen LogP contribution in [0.4, 0.5) is 5.69 Å². The average Bonchev–Trinajstić information content (AvgIpc) is 2.63. The van der Waals surface area contributed by atoms with Crippen molar-refractivity contribution in [1.29, 1.82) is 0 Å². The number of allylic oxidation sites excluding steroid dienone is 3. The SMILES string of the molecule is NC1=CCC(c2cc(NC3CCNCC3)c3cnccc3c2)C=C1. The van der Waals surface area contributed by atoms with Gasteiger partial charge in [-0.25, -0.2) is 0 Å². The van der Waals surface area contributed by atoms with E-state index in [1.807, 2.05) is 18.5 Å². The topological polar surface area (TPSA) is 63.0 Å². The molecule has 4 rings (SSSR count). The lowest BCUT2D eigenvalue weighted by Crippen LogP contribution is -2.35. The van der Waals surface area contributed by atoms with Gasteiger partial charge in [-0.3, -0.25) is 4.98 Å². The molecule has 1 unspecified atom stereocenters. The number of anilines is 1. The third-order valence-corrected chi connectivity index (χ3v) is 5.03. The van der Waals surface area contributed by atoms with Crippen LogP contribution in [0.1, 0.15) is 30.7 Å². The van der Waals surface area contributed by atoms with Gasteiger partial charge in [0.25, 0.3) is 0 Å². The van der Waals surface area contributed by atoms with Crippen molar-refractivity contribution >= 4 is 16.5 Å². The minimum absolute atomic E-state index is 0.392. The molecule has 1 aromatic carbocycles. The molecule has 1 saturated heterocycles. The Morgan fingerprint density at radius 2 is 2.08 bits per heavy atom. The zero-order chi connectivity index (χ0) is 16.4. The first kappa shape index (κ1) is 15.2. The van der Waals surface area contributed by atoms with Crippen molar-refractivity contribution in [3.63, 3.8) is 0 Å². The van der Waals surface area contributed by atoms with Gasteiger partial charge in [0.1, 0.15) is 0 Å². The lowest BCUT2D eigenvalue weighted by Gasteiger charge is -2.26. The number of pyridine rings is 1. The summed E-state index contributed by atoms with van der Waals surface area (Å²) in [4.78, 5) is 4.33. The Kier molecular flexibility index (Phi) is 4.22. The van der Waals surface area contributed by atoms with Crippen LogP contribution in [-0.4, -0.2) is 24.1 Å². The van der Waals surface area contributed by atoms with Crippen LogP contribution in [-0.2, 0) is 0 Å². The van der Waals surface area contributed by atoms with Gasteiger partial charge in [0.2, 0.25) is 0 Å². The second-order valence-electron chi connectivity index (χ2n) is 6.74. The number of hydrogen-bond acceptors (Lipinski definition) is 4. The fourth-order valence-electron chi connectivity index (χ4n) is 3.63. The van der Waals surface area contributed by atoms with Gasteiger partial charge in [0, 0.05) is 41.1 Å². The second kappa shape index (κ2) is 6.65. The van der Waals surface area contributed by atoms with Gasteiger partial charge in [-0.05, 0) is 61.5 Å². The summed E-state index contributed by atoms with van der Waals surface area (Å²) < 4.78 is 0. The van der Waals surface area contributed by atoms with E-state index >= 15 is 0 Å². The maximum atomic E-state index is 5.87. The molecule has 2 heterocycles. The molecular formula is C20H24N4. The molecule has 4 N–H and O–H groups in total. The van der Waals surface area contributed by atoms with Gasteiger partial charge in [0.15, 0.2) is 0 Å². The van der Waals surface area contributed by atoms with E-state index in [4.69, 9.17) is 5.73 Å². The Morgan fingerprint density at radius 3 is 2.88 bits per heavy atom. The first-order chi connectivity index (χ1) is 11.8. The largest absolute Gasteiger partial charge is 0.399 e. The molecule has 2 aliphatic rings. The highest BCUT2D eigenvalue weighted by molar-refractivity contribution is 5.94. The molecule has 0 saturated carbocycles. The lowest BCUT2D eigenvalue weighted by atomic mass is 9.90. The normalized spacial score (nSPS) is 21.7. The Hall–Kier alpha value is -2.33. The summed E-state index contributed by atoms with van der Waals surface area (Å²) in [6.07, 6.45) is 13.5. The van der Waals surface area contributed by atoms with Gasteiger partial charge in [-0.2, -0.15) is 0 Å². The van der Waals surface area contributed by atoms with E-state index < -0.39 is 0 Å². The third kappa shape index (κ3) is 3.15. The highest BCUT2D eigenvalue weighted by atomic mass is 15.0. The van der Waals surface area contributed by atoms with Crippen LogP contribution in [0.15, 0.2) is 54.5 Å². The molecule has 24 heavy (non-hydrogen) atoms. The Labute approximate surface area is 142 Å². The molecule has 1 fully saturated rings. The van der Waals surface area contributed by atoms with E-state index in [-0.39, 0.29) is 0 Å². The van der Waals surface area contributed by atoms with E-state index in [1.165, 1.54) is 22.0 Å². The molecule has 0 radical (unpaired) electrons. The van der Waals surface area contributed by atoms with Gasteiger partial charge in [-0.1, -0.05) is 18.2 Å². The predicted molar refractivity (Wildman–Crippen MR) is 100 cm³/mol. The van der Waals surface area contributed by atoms with Gasteiger partial charge in [-0.15, -0.1) is 0 Å². The number of fused-ring (bicyclic) bond motifs is 1. The molecule has 4 nitrogen and oxygen atoms in total. The number of aromatic nitrogens is 1. The van der Waals surface area contributed by atoms with E-state index in [9.17, 15) is 0 Å². The summed E-state index contributed by atoms with van der Waals surface area (Å²) in [5.41, 5.74) is 9.28. The fourth-order valence-corrected chi connectivity index (χ4v) is 3.63. The number of piperidine rings is 1. The maximum Gasteiger partial charge on any atom is 0.0440 e. The number of rotatable bonds is 3. The van der Waals surface area contributed by atoms with Crippen LogP contribution in [0.2, 0.25) is 0 Å². The first-order valence-electron chi connectivity index (χ1n) is 8.78. The smallest absolute Gasteiger partial charge is 0.0440 e. The van der Waals surface area contributed by atoms with Crippen molar-refractivity contribution < 1.29 is 0 Å². The van der Waals surface area contributed by atoms with E-state index in [1.54, 1.807) is 0 Å². The summed E-state index contributed by atoms with van der Waals surface area (Å²) in [6.45, 7) is 2.17. The lowest BCUT2D eigenvalue weighted by molar-refractivity contribution is 0.479. The van der Waals surface area contributed by atoms with Crippen molar-refractivity contribution in [2.45, 2.75) is 31.2 Å². The van der Waals surface area contributed by atoms with Crippen molar-refractivity contribution in [1.82, 2.24) is 10.3 Å². The minimum atomic E-state index is 0.392. The molecule has 0 amide bonds. The molecule has 1 atom stereocenters. The Morgan fingerprint density at radius 1 is 1.21 bits per heavy atom. The second-order valence-corrected chi connectivity index (χ2v) is 6.74. The predicted octanol–water partition coefficient (Wildman–Crippen LogP) is 3.28. The Balaban J connectivity index is 1.69. The van der Waals surface area contributed by atoms with E-state index in [2.05, 4.69) is 46.0 Å². The average molecular weight is 320 g/mol. The van der Waals surface area contributed by atoms with Crippen LogP contribution in [0.25, 0.3) is 10.8 Å². The molecule has 1 aliphatic carbocycles. The monoisotopic (exact) mass is 320 g/mol. The van der Waals surface area contributed by atoms with Crippen molar-refractivity contribution in [3.05, 3.63) is 60.1 Å². The summed E-state index contributed by atoms with van der Waals surface area (Å²) in [5.74, 6) is 0.392.